The summed E-state index contributed by atoms with van der Waals surface area (Å²) in [6.45, 7) is 3.93. The van der Waals surface area contributed by atoms with E-state index in [0.29, 0.717) is 27.2 Å². The lowest BCUT2D eigenvalue weighted by atomic mass is 9.99. The van der Waals surface area contributed by atoms with Gasteiger partial charge in [-0.1, -0.05) is 55.2 Å². The molecule has 6 heteroatoms. The molecule has 0 heterocycles. The average Bonchev–Trinajstić information content (AvgIpc) is 2.62. The molecule has 2 aromatic carbocycles. The van der Waals surface area contributed by atoms with Crippen molar-refractivity contribution in [2.45, 2.75) is 32.6 Å². The smallest absolute Gasteiger partial charge is 0.310 e. The van der Waals surface area contributed by atoms with Gasteiger partial charge < -0.3 is 10.1 Å². The summed E-state index contributed by atoms with van der Waals surface area (Å²) >= 11 is 11.8. The largest absolute Gasteiger partial charge is 0.455 e. The first-order chi connectivity index (χ1) is 12.4. The number of hydrogen-bond acceptors (Lipinski definition) is 3. The van der Waals surface area contributed by atoms with Crippen LogP contribution in [0.25, 0.3) is 0 Å². The van der Waals surface area contributed by atoms with Gasteiger partial charge in [0, 0.05) is 15.7 Å². The zero-order valence-electron chi connectivity index (χ0n) is 14.7. The van der Waals surface area contributed by atoms with Crippen LogP contribution in [0.3, 0.4) is 0 Å². The molecule has 0 fully saturated rings. The quantitative estimate of drug-likeness (QED) is 0.654. The Hall–Kier alpha value is -2.04. The maximum atomic E-state index is 11.9. The van der Waals surface area contributed by atoms with Crippen molar-refractivity contribution in [3.8, 4) is 0 Å². The highest BCUT2D eigenvalue weighted by Gasteiger charge is 2.11. The summed E-state index contributed by atoms with van der Waals surface area (Å²) in [5, 5.41) is 3.59. The molecule has 0 bridgehead atoms. The molecular formula is C20H21Cl2NO3. The minimum atomic E-state index is -0.531. The number of benzene rings is 2. The number of amides is 1. The summed E-state index contributed by atoms with van der Waals surface area (Å²) in [7, 11) is 0. The number of anilines is 1. The number of rotatable bonds is 7. The Kier molecular flexibility index (Phi) is 7.49. The van der Waals surface area contributed by atoms with Crippen LogP contribution in [0.4, 0.5) is 5.69 Å². The Balaban J connectivity index is 1.81. The van der Waals surface area contributed by atoms with Crippen molar-refractivity contribution in [3.63, 3.8) is 0 Å². The molecule has 4 nitrogen and oxygen atoms in total. The lowest BCUT2D eigenvalue weighted by Crippen LogP contribution is -2.21. The fourth-order valence-corrected chi connectivity index (χ4v) is 2.82. The third-order valence-electron chi connectivity index (χ3n) is 4.09. The number of carbonyl (C=O) groups excluding carboxylic acids is 2. The first kappa shape index (κ1) is 20.3. The SMILES string of the molecule is CCC(C)c1ccc(NC(=O)COC(=O)Cc2ccc(Cl)cc2Cl)cc1. The van der Waals surface area contributed by atoms with E-state index in [-0.39, 0.29) is 13.0 Å². The summed E-state index contributed by atoms with van der Waals surface area (Å²) in [6, 6.07) is 12.5. The monoisotopic (exact) mass is 393 g/mol. The molecule has 2 aromatic rings. The molecule has 2 rings (SSSR count). The summed E-state index contributed by atoms with van der Waals surface area (Å²) in [4.78, 5) is 23.8. The lowest BCUT2D eigenvalue weighted by molar-refractivity contribution is -0.146. The minimum absolute atomic E-state index is 0.0209. The first-order valence-electron chi connectivity index (χ1n) is 8.38. The average molecular weight is 394 g/mol. The molecule has 0 aliphatic carbocycles. The van der Waals surface area contributed by atoms with Crippen LogP contribution >= 0.6 is 23.2 Å². The van der Waals surface area contributed by atoms with E-state index in [1.165, 1.54) is 5.56 Å². The van der Waals surface area contributed by atoms with Crippen molar-refractivity contribution in [2.24, 2.45) is 0 Å². The van der Waals surface area contributed by atoms with Crippen molar-refractivity contribution in [2.75, 3.05) is 11.9 Å². The van der Waals surface area contributed by atoms with Crippen LogP contribution in [0.1, 0.15) is 37.3 Å². The molecule has 138 valence electrons. The van der Waals surface area contributed by atoms with E-state index in [0.717, 1.165) is 6.42 Å². The van der Waals surface area contributed by atoms with E-state index in [2.05, 4.69) is 19.2 Å². The molecule has 1 atom stereocenters. The Morgan fingerprint density at radius 1 is 1.12 bits per heavy atom. The highest BCUT2D eigenvalue weighted by Crippen LogP contribution is 2.22. The van der Waals surface area contributed by atoms with Crippen molar-refractivity contribution in [1.29, 1.82) is 0 Å². The van der Waals surface area contributed by atoms with Gasteiger partial charge in [0.05, 0.1) is 6.42 Å². The summed E-state index contributed by atoms with van der Waals surface area (Å²) < 4.78 is 5.00. The molecule has 0 aliphatic rings. The third kappa shape index (κ3) is 6.04. The van der Waals surface area contributed by atoms with E-state index in [9.17, 15) is 9.59 Å². The summed E-state index contributed by atoms with van der Waals surface area (Å²) in [5.41, 5.74) is 2.48. The second kappa shape index (κ2) is 9.60. The Morgan fingerprint density at radius 3 is 2.42 bits per heavy atom. The van der Waals surface area contributed by atoms with Gasteiger partial charge in [-0.05, 0) is 47.7 Å². The van der Waals surface area contributed by atoms with Crippen LogP contribution in [0, 0.1) is 0 Å². The second-order valence-electron chi connectivity index (χ2n) is 6.05. The zero-order valence-corrected chi connectivity index (χ0v) is 16.2. The Morgan fingerprint density at radius 2 is 1.81 bits per heavy atom. The highest BCUT2D eigenvalue weighted by atomic mass is 35.5. The second-order valence-corrected chi connectivity index (χ2v) is 6.90. The molecule has 1 amide bonds. The number of carbonyl (C=O) groups is 2. The molecule has 0 radical (unpaired) electrons. The van der Waals surface area contributed by atoms with E-state index in [4.69, 9.17) is 27.9 Å². The summed E-state index contributed by atoms with van der Waals surface area (Å²) in [5.74, 6) is -0.450. The van der Waals surface area contributed by atoms with Crippen molar-refractivity contribution in [3.05, 3.63) is 63.6 Å². The van der Waals surface area contributed by atoms with Gasteiger partial charge in [-0.2, -0.15) is 0 Å². The van der Waals surface area contributed by atoms with Gasteiger partial charge in [-0.3, -0.25) is 9.59 Å². The van der Waals surface area contributed by atoms with E-state index in [1.54, 1.807) is 18.2 Å². The fraction of sp³-hybridized carbons (Fsp3) is 0.300. The van der Waals surface area contributed by atoms with Crippen molar-refractivity contribution in [1.82, 2.24) is 0 Å². The summed E-state index contributed by atoms with van der Waals surface area (Å²) in [6.07, 6.45) is 1.03. The van der Waals surface area contributed by atoms with Crippen LogP contribution < -0.4 is 5.32 Å². The molecular weight excluding hydrogens is 373 g/mol. The van der Waals surface area contributed by atoms with E-state index >= 15 is 0 Å². The van der Waals surface area contributed by atoms with E-state index in [1.807, 2.05) is 24.3 Å². The van der Waals surface area contributed by atoms with Gasteiger partial charge in [-0.25, -0.2) is 0 Å². The van der Waals surface area contributed by atoms with Crippen molar-refractivity contribution >= 4 is 40.8 Å². The molecule has 0 aliphatic heterocycles. The molecule has 0 saturated heterocycles. The molecule has 0 aromatic heterocycles. The Labute approximate surface area is 163 Å². The number of nitrogens with one attached hydrogen (secondary N) is 1. The topological polar surface area (TPSA) is 55.4 Å². The number of hydrogen-bond donors (Lipinski definition) is 1. The highest BCUT2D eigenvalue weighted by molar-refractivity contribution is 6.35. The Bertz CT molecular complexity index is 775. The standard InChI is InChI=1S/C20H21Cl2NO3/c1-3-13(2)14-5-8-17(9-6-14)23-19(24)12-26-20(25)10-15-4-7-16(21)11-18(15)22/h4-9,11,13H,3,10,12H2,1-2H3,(H,23,24). The fourth-order valence-electron chi connectivity index (χ4n) is 2.35. The van der Waals surface area contributed by atoms with Gasteiger partial charge in [0.2, 0.25) is 0 Å². The first-order valence-corrected chi connectivity index (χ1v) is 9.14. The molecule has 0 saturated carbocycles. The van der Waals surface area contributed by atoms with Gasteiger partial charge in [0.25, 0.3) is 5.91 Å². The van der Waals surface area contributed by atoms with Gasteiger partial charge in [0.15, 0.2) is 6.61 Å². The minimum Gasteiger partial charge on any atom is -0.455 e. The van der Waals surface area contributed by atoms with Gasteiger partial charge in [0.1, 0.15) is 0 Å². The third-order valence-corrected chi connectivity index (χ3v) is 4.68. The molecule has 0 spiro atoms. The molecule has 1 N–H and O–H groups in total. The van der Waals surface area contributed by atoms with Gasteiger partial charge in [-0.15, -0.1) is 0 Å². The van der Waals surface area contributed by atoms with Crippen LogP contribution in [-0.4, -0.2) is 18.5 Å². The number of halogens is 2. The molecule has 26 heavy (non-hydrogen) atoms. The van der Waals surface area contributed by atoms with Crippen LogP contribution in [0.15, 0.2) is 42.5 Å². The lowest BCUT2D eigenvalue weighted by Gasteiger charge is -2.11. The number of ether oxygens (including phenoxy) is 1. The van der Waals surface area contributed by atoms with E-state index < -0.39 is 11.9 Å². The zero-order chi connectivity index (χ0) is 19.1. The van der Waals surface area contributed by atoms with Crippen LogP contribution in [-0.2, 0) is 20.7 Å². The number of esters is 1. The predicted molar refractivity (Wildman–Crippen MR) is 105 cm³/mol. The molecule has 1 unspecified atom stereocenters. The van der Waals surface area contributed by atoms with Gasteiger partial charge >= 0.3 is 5.97 Å². The predicted octanol–water partition coefficient (Wildman–Crippen LogP) is 5.23. The van der Waals surface area contributed by atoms with Crippen molar-refractivity contribution < 1.29 is 14.3 Å². The van der Waals surface area contributed by atoms with Crippen LogP contribution in [0.5, 0.6) is 0 Å². The normalized spacial score (nSPS) is 11.7. The van der Waals surface area contributed by atoms with Crippen LogP contribution in [0.2, 0.25) is 10.0 Å². The maximum absolute atomic E-state index is 11.9. The maximum Gasteiger partial charge on any atom is 0.310 e.